The van der Waals surface area contributed by atoms with Crippen LogP contribution in [0.15, 0.2) is 127 Å². The highest BCUT2D eigenvalue weighted by Gasteiger charge is 2.26. The molecule has 0 aromatic heterocycles. The first-order valence-corrected chi connectivity index (χ1v) is 11.7. The molecule has 0 bridgehead atoms. The van der Waals surface area contributed by atoms with Gasteiger partial charge in [-0.2, -0.15) is 0 Å². The van der Waals surface area contributed by atoms with Crippen LogP contribution in [0, 0.1) is 0 Å². The van der Waals surface area contributed by atoms with Crippen LogP contribution < -0.4 is 10.6 Å². The van der Waals surface area contributed by atoms with Crippen LogP contribution in [0.1, 0.15) is 10.4 Å². The first-order valence-electron chi connectivity index (χ1n) is 10.3. The fourth-order valence-electron chi connectivity index (χ4n) is 4.02. The van der Waals surface area contributed by atoms with Gasteiger partial charge in [-0.05, 0) is 32.5 Å². The Balaban J connectivity index is 1.69. The van der Waals surface area contributed by atoms with Crippen LogP contribution in [-0.2, 0) is 0 Å². The third kappa shape index (κ3) is 3.81. The van der Waals surface area contributed by atoms with E-state index in [9.17, 15) is 4.79 Å². The molecule has 0 aliphatic rings. The molecule has 0 heterocycles. The Morgan fingerprint density at radius 2 is 1.00 bits per heavy atom. The van der Waals surface area contributed by atoms with Gasteiger partial charge in [-0.15, -0.1) is 0 Å². The van der Waals surface area contributed by atoms with Crippen molar-refractivity contribution in [3.63, 3.8) is 0 Å². The third-order valence-corrected chi connectivity index (χ3v) is 7.75. The molecule has 1 nitrogen and oxygen atoms in total. The average Bonchev–Trinajstić information content (AvgIpc) is 2.85. The Kier molecular flexibility index (Phi) is 5.44. The molecule has 5 aromatic rings. The van der Waals surface area contributed by atoms with E-state index in [-0.39, 0.29) is 5.52 Å². The second kappa shape index (κ2) is 8.68. The van der Waals surface area contributed by atoms with Gasteiger partial charge in [-0.1, -0.05) is 127 Å². The maximum absolute atomic E-state index is 14.1. The van der Waals surface area contributed by atoms with E-state index in [0.29, 0.717) is 0 Å². The number of carbonyl (C=O) groups is 1. The van der Waals surface area contributed by atoms with Crippen molar-refractivity contribution in [3.8, 4) is 11.1 Å². The summed E-state index contributed by atoms with van der Waals surface area (Å²) in [7, 11) is -1.18. The quantitative estimate of drug-likeness (QED) is 0.289. The molecule has 148 valence electrons. The molecule has 31 heavy (non-hydrogen) atoms. The predicted octanol–water partition coefficient (Wildman–Crippen LogP) is 6.78. The summed E-state index contributed by atoms with van der Waals surface area (Å²) < 4.78 is 0. The van der Waals surface area contributed by atoms with Crippen LogP contribution in [0.5, 0.6) is 0 Å². The van der Waals surface area contributed by atoms with Crippen molar-refractivity contribution in [2.24, 2.45) is 0 Å². The van der Waals surface area contributed by atoms with Gasteiger partial charge in [0.15, 0.2) is 5.52 Å². The van der Waals surface area contributed by atoms with Crippen LogP contribution in [0.4, 0.5) is 0 Å². The lowest BCUT2D eigenvalue weighted by Gasteiger charge is -2.19. The Morgan fingerprint density at radius 1 is 0.484 bits per heavy atom. The van der Waals surface area contributed by atoms with Crippen LogP contribution in [0.25, 0.3) is 21.9 Å². The molecule has 0 aliphatic carbocycles. The van der Waals surface area contributed by atoms with Gasteiger partial charge in [-0.3, -0.25) is 4.79 Å². The molecule has 0 saturated heterocycles. The molecule has 2 heteroatoms. The number of hydrogen-bond acceptors (Lipinski definition) is 1. The van der Waals surface area contributed by atoms with Gasteiger partial charge in [0.05, 0.1) is 0 Å². The van der Waals surface area contributed by atoms with Crippen molar-refractivity contribution in [3.05, 3.63) is 133 Å². The lowest BCUT2D eigenvalue weighted by molar-refractivity contribution is 0.108. The van der Waals surface area contributed by atoms with Crippen molar-refractivity contribution < 1.29 is 4.79 Å². The molecular weight excluding hydrogens is 395 g/mol. The van der Waals surface area contributed by atoms with E-state index in [1.54, 1.807) is 0 Å². The Hall–Kier alpha value is -3.54. The molecule has 0 fully saturated rings. The van der Waals surface area contributed by atoms with E-state index in [1.165, 1.54) is 5.39 Å². The van der Waals surface area contributed by atoms with Gasteiger partial charge < -0.3 is 0 Å². The lowest BCUT2D eigenvalue weighted by Crippen LogP contribution is -2.18. The summed E-state index contributed by atoms with van der Waals surface area (Å²) in [6, 6.07) is 43.0. The predicted molar refractivity (Wildman–Crippen MR) is 133 cm³/mol. The van der Waals surface area contributed by atoms with Crippen molar-refractivity contribution in [2.75, 3.05) is 0 Å². The van der Waals surface area contributed by atoms with Crippen molar-refractivity contribution >= 4 is 34.8 Å². The van der Waals surface area contributed by atoms with E-state index in [4.69, 9.17) is 0 Å². The summed E-state index contributed by atoms with van der Waals surface area (Å²) in [6.07, 6.45) is 0. The maximum atomic E-state index is 14.1. The zero-order valence-corrected chi connectivity index (χ0v) is 17.9. The Bertz CT molecular complexity index is 1300. The summed E-state index contributed by atoms with van der Waals surface area (Å²) >= 11 is 0. The largest absolute Gasteiger partial charge is 0.288 e. The Labute approximate surface area is 183 Å². The standard InChI is InChI=1S/C29H21OP/c30-29(31(23-14-3-1-4-15-23)24-16-5-2-6-17-24)28-20-10-9-19-27(28)26-21-11-13-22-12-7-8-18-25(22)26/h1-21H. The van der Waals surface area contributed by atoms with Gasteiger partial charge in [0.25, 0.3) is 0 Å². The van der Waals surface area contributed by atoms with Crippen molar-refractivity contribution in [1.82, 2.24) is 0 Å². The van der Waals surface area contributed by atoms with Crippen molar-refractivity contribution in [1.29, 1.82) is 0 Å². The zero-order valence-electron chi connectivity index (χ0n) is 17.0. The van der Waals surface area contributed by atoms with Crippen LogP contribution >= 0.6 is 7.92 Å². The van der Waals surface area contributed by atoms with Gasteiger partial charge in [-0.25, -0.2) is 0 Å². The minimum Gasteiger partial charge on any atom is -0.288 e. The molecular formula is C29H21OP. The lowest BCUT2D eigenvalue weighted by atomic mass is 9.95. The number of rotatable bonds is 5. The van der Waals surface area contributed by atoms with E-state index >= 15 is 0 Å². The normalized spacial score (nSPS) is 11.0. The highest BCUT2D eigenvalue weighted by molar-refractivity contribution is 7.88. The molecule has 0 N–H and O–H groups in total. The number of carbonyl (C=O) groups excluding carboxylic acids is 1. The monoisotopic (exact) mass is 416 g/mol. The fraction of sp³-hybridized carbons (Fsp3) is 0. The highest BCUT2D eigenvalue weighted by Crippen LogP contribution is 2.41. The second-order valence-electron chi connectivity index (χ2n) is 7.38. The maximum Gasteiger partial charge on any atom is 0.193 e. The third-order valence-electron chi connectivity index (χ3n) is 5.47. The summed E-state index contributed by atoms with van der Waals surface area (Å²) in [6.45, 7) is 0. The van der Waals surface area contributed by atoms with E-state index < -0.39 is 7.92 Å². The van der Waals surface area contributed by atoms with E-state index in [1.807, 2.05) is 60.7 Å². The first kappa shape index (κ1) is 19.4. The van der Waals surface area contributed by atoms with E-state index in [2.05, 4.69) is 66.7 Å². The minimum absolute atomic E-state index is 0.177. The van der Waals surface area contributed by atoms with Gasteiger partial charge >= 0.3 is 0 Å². The Morgan fingerprint density at radius 3 is 1.71 bits per heavy atom. The average molecular weight is 416 g/mol. The number of benzene rings is 5. The summed E-state index contributed by atoms with van der Waals surface area (Å²) in [5.41, 5.74) is 3.04. The molecule has 0 radical (unpaired) electrons. The molecule has 0 spiro atoms. The van der Waals surface area contributed by atoms with Gasteiger partial charge in [0.2, 0.25) is 0 Å². The van der Waals surface area contributed by atoms with E-state index in [0.717, 1.165) is 32.7 Å². The molecule has 0 atom stereocenters. The second-order valence-corrected chi connectivity index (χ2v) is 9.49. The van der Waals surface area contributed by atoms with Gasteiger partial charge in [0.1, 0.15) is 0 Å². The van der Waals surface area contributed by atoms with Gasteiger partial charge in [0, 0.05) is 13.5 Å². The first-order chi connectivity index (χ1) is 15.3. The summed E-state index contributed by atoms with van der Waals surface area (Å²) in [4.78, 5) is 14.1. The smallest absolute Gasteiger partial charge is 0.193 e. The summed E-state index contributed by atoms with van der Waals surface area (Å²) in [5, 5.41) is 4.48. The molecule has 0 aliphatic heterocycles. The number of fused-ring (bicyclic) bond motifs is 1. The van der Waals surface area contributed by atoms with Crippen molar-refractivity contribution in [2.45, 2.75) is 0 Å². The van der Waals surface area contributed by atoms with Crippen LogP contribution in [0.2, 0.25) is 0 Å². The summed E-state index contributed by atoms with van der Waals surface area (Å²) in [5.74, 6) is 0. The molecule has 0 unspecified atom stereocenters. The van der Waals surface area contributed by atoms with Crippen LogP contribution in [0.3, 0.4) is 0 Å². The molecule has 0 saturated carbocycles. The van der Waals surface area contributed by atoms with Crippen LogP contribution in [-0.4, -0.2) is 5.52 Å². The number of hydrogen-bond donors (Lipinski definition) is 0. The molecule has 5 rings (SSSR count). The fourth-order valence-corrected chi connectivity index (χ4v) is 6.17. The zero-order chi connectivity index (χ0) is 21.0. The minimum atomic E-state index is -1.18. The SMILES string of the molecule is O=C(c1ccccc1-c1cccc2ccccc12)P(c1ccccc1)c1ccccc1. The molecule has 0 amide bonds. The topological polar surface area (TPSA) is 17.1 Å². The highest BCUT2D eigenvalue weighted by atomic mass is 31.1. The molecule has 5 aromatic carbocycles.